The number of hydrazine groups is 1. The van der Waals surface area contributed by atoms with Crippen molar-refractivity contribution >= 4 is 11.8 Å². The summed E-state index contributed by atoms with van der Waals surface area (Å²) in [4.78, 5) is 27.4. The summed E-state index contributed by atoms with van der Waals surface area (Å²) in [7, 11) is 0. The van der Waals surface area contributed by atoms with Gasteiger partial charge in [0.2, 0.25) is 0 Å². The third-order valence-electron chi connectivity index (χ3n) is 2.88. The van der Waals surface area contributed by atoms with Crippen LogP contribution in [-0.4, -0.2) is 22.8 Å². The minimum Gasteiger partial charge on any atom is -0.320 e. The number of amides is 2. The first-order chi connectivity index (χ1) is 10.2. The van der Waals surface area contributed by atoms with Gasteiger partial charge in [-0.15, -0.1) is 0 Å². The number of carbonyl (C=O) groups excluding carboxylic acids is 2. The molecule has 0 saturated carbocycles. The Hall–Kier alpha value is -2.73. The van der Waals surface area contributed by atoms with Gasteiger partial charge in [0, 0.05) is 18.0 Å². The molecule has 2 aromatic rings. The first-order valence-electron chi connectivity index (χ1n) is 6.46. The molecule has 1 aromatic heterocycles. The Labute approximate surface area is 122 Å². The lowest BCUT2D eigenvalue weighted by atomic mass is 10.1. The number of nitrogens with zero attached hydrogens (tertiary/aromatic N) is 1. The number of nitrogens with two attached hydrogens (primary N) is 1. The summed E-state index contributed by atoms with van der Waals surface area (Å²) in [5.74, 6) is -0.862. The summed E-state index contributed by atoms with van der Waals surface area (Å²) < 4.78 is 0. The molecule has 1 atom stereocenters. The third kappa shape index (κ3) is 4.39. The molecule has 0 aliphatic heterocycles. The van der Waals surface area contributed by atoms with Gasteiger partial charge < -0.3 is 5.73 Å². The molecule has 6 heteroatoms. The van der Waals surface area contributed by atoms with E-state index < -0.39 is 17.9 Å². The predicted octanol–water partition coefficient (Wildman–Crippen LogP) is 0.413. The fourth-order valence-electron chi connectivity index (χ4n) is 1.75. The van der Waals surface area contributed by atoms with Gasteiger partial charge in [0.15, 0.2) is 0 Å². The van der Waals surface area contributed by atoms with E-state index in [-0.39, 0.29) is 0 Å². The fourth-order valence-corrected chi connectivity index (χ4v) is 1.75. The maximum atomic E-state index is 11.8. The molecule has 0 unspecified atom stereocenters. The minimum atomic E-state index is -0.731. The summed E-state index contributed by atoms with van der Waals surface area (Å²) in [5, 5.41) is 0. The lowest BCUT2D eigenvalue weighted by Crippen LogP contribution is -2.50. The first kappa shape index (κ1) is 14.7. The number of benzene rings is 1. The van der Waals surface area contributed by atoms with Gasteiger partial charge in [-0.05, 0) is 24.1 Å². The summed E-state index contributed by atoms with van der Waals surface area (Å²) in [5.41, 5.74) is 11.8. The zero-order valence-corrected chi connectivity index (χ0v) is 11.3. The van der Waals surface area contributed by atoms with Crippen molar-refractivity contribution in [1.29, 1.82) is 0 Å². The molecule has 0 fully saturated rings. The monoisotopic (exact) mass is 284 g/mol. The highest BCUT2D eigenvalue weighted by molar-refractivity contribution is 5.95. The Morgan fingerprint density at radius 2 is 1.71 bits per heavy atom. The first-order valence-corrected chi connectivity index (χ1v) is 6.46. The van der Waals surface area contributed by atoms with Crippen molar-refractivity contribution in [2.75, 3.05) is 0 Å². The smallest absolute Gasteiger partial charge is 0.269 e. The number of nitrogens with one attached hydrogen (secondary N) is 2. The normalized spacial score (nSPS) is 11.5. The topological polar surface area (TPSA) is 97.1 Å². The van der Waals surface area contributed by atoms with E-state index in [0.717, 1.165) is 5.56 Å². The molecule has 2 amide bonds. The number of pyridine rings is 1. The van der Waals surface area contributed by atoms with Crippen LogP contribution in [0.3, 0.4) is 0 Å². The Kier molecular flexibility index (Phi) is 5.00. The number of rotatable bonds is 4. The molecule has 0 spiro atoms. The molecule has 0 radical (unpaired) electrons. The molecule has 1 heterocycles. The van der Waals surface area contributed by atoms with E-state index in [1.165, 1.54) is 12.4 Å². The summed E-state index contributed by atoms with van der Waals surface area (Å²) in [6.45, 7) is 0. The summed E-state index contributed by atoms with van der Waals surface area (Å²) in [6, 6.07) is 11.8. The van der Waals surface area contributed by atoms with E-state index >= 15 is 0 Å². The molecule has 0 aliphatic rings. The molecular formula is C15H16N4O2. The zero-order valence-electron chi connectivity index (χ0n) is 11.3. The summed E-state index contributed by atoms with van der Waals surface area (Å²) >= 11 is 0. The molecule has 108 valence electrons. The van der Waals surface area contributed by atoms with Crippen LogP contribution in [0.15, 0.2) is 54.9 Å². The molecule has 4 N–H and O–H groups in total. The number of hydrogen-bond donors (Lipinski definition) is 3. The SMILES string of the molecule is N[C@@H](Cc1ccccc1)C(=O)NNC(=O)c1ccncc1. The van der Waals surface area contributed by atoms with E-state index in [4.69, 9.17) is 5.73 Å². The van der Waals surface area contributed by atoms with Crippen LogP contribution in [0.1, 0.15) is 15.9 Å². The molecule has 0 aliphatic carbocycles. The second kappa shape index (κ2) is 7.16. The zero-order chi connectivity index (χ0) is 15.1. The maximum absolute atomic E-state index is 11.8. The molecule has 1 aromatic carbocycles. The summed E-state index contributed by atoms with van der Waals surface area (Å²) in [6.07, 6.45) is 3.40. The van der Waals surface area contributed by atoms with Gasteiger partial charge >= 0.3 is 0 Å². The van der Waals surface area contributed by atoms with Crippen molar-refractivity contribution < 1.29 is 9.59 Å². The fraction of sp³-hybridized carbons (Fsp3) is 0.133. The third-order valence-corrected chi connectivity index (χ3v) is 2.88. The van der Waals surface area contributed by atoms with Crippen LogP contribution < -0.4 is 16.6 Å². The Morgan fingerprint density at radius 3 is 2.38 bits per heavy atom. The van der Waals surface area contributed by atoms with E-state index in [0.29, 0.717) is 12.0 Å². The molecule has 0 saturated heterocycles. The average Bonchev–Trinajstić information content (AvgIpc) is 2.54. The van der Waals surface area contributed by atoms with E-state index in [9.17, 15) is 9.59 Å². The lowest BCUT2D eigenvalue weighted by molar-refractivity contribution is -0.123. The van der Waals surface area contributed by atoms with Crippen molar-refractivity contribution in [2.45, 2.75) is 12.5 Å². The highest BCUT2D eigenvalue weighted by atomic mass is 16.2. The molecule has 0 bridgehead atoms. The van der Waals surface area contributed by atoms with Gasteiger partial charge in [0.05, 0.1) is 6.04 Å². The average molecular weight is 284 g/mol. The lowest BCUT2D eigenvalue weighted by Gasteiger charge is -2.13. The van der Waals surface area contributed by atoms with Gasteiger partial charge in [-0.2, -0.15) is 0 Å². The van der Waals surface area contributed by atoms with Crippen molar-refractivity contribution in [3.05, 3.63) is 66.0 Å². The van der Waals surface area contributed by atoms with Crippen LogP contribution in [0.5, 0.6) is 0 Å². The van der Waals surface area contributed by atoms with E-state index in [1.54, 1.807) is 12.1 Å². The number of aromatic nitrogens is 1. The number of carbonyl (C=O) groups is 2. The standard InChI is InChI=1S/C15H16N4O2/c16-13(10-11-4-2-1-3-5-11)15(21)19-18-14(20)12-6-8-17-9-7-12/h1-9,13H,10,16H2,(H,18,20)(H,19,21)/t13-/m0/s1. The van der Waals surface area contributed by atoms with Gasteiger partial charge in [-0.1, -0.05) is 30.3 Å². The van der Waals surface area contributed by atoms with Gasteiger partial charge in [0.1, 0.15) is 0 Å². The molecule has 6 nitrogen and oxygen atoms in total. The molecule has 2 rings (SSSR count). The van der Waals surface area contributed by atoms with Gasteiger partial charge in [-0.25, -0.2) is 0 Å². The quantitative estimate of drug-likeness (QED) is 0.708. The predicted molar refractivity (Wildman–Crippen MR) is 78.0 cm³/mol. The van der Waals surface area contributed by atoms with E-state index in [2.05, 4.69) is 15.8 Å². The van der Waals surface area contributed by atoms with Gasteiger partial charge in [-0.3, -0.25) is 25.4 Å². The Bertz CT molecular complexity index is 602. The second-order valence-corrected chi connectivity index (χ2v) is 4.48. The van der Waals surface area contributed by atoms with Crippen molar-refractivity contribution in [2.24, 2.45) is 5.73 Å². The molecular weight excluding hydrogens is 268 g/mol. The number of hydrogen-bond acceptors (Lipinski definition) is 4. The minimum absolute atomic E-state index is 0.401. The Morgan fingerprint density at radius 1 is 1.05 bits per heavy atom. The second-order valence-electron chi connectivity index (χ2n) is 4.48. The highest BCUT2D eigenvalue weighted by Crippen LogP contribution is 2.01. The van der Waals surface area contributed by atoms with Crippen molar-refractivity contribution in [3.63, 3.8) is 0 Å². The Balaban J connectivity index is 1.83. The van der Waals surface area contributed by atoms with Crippen LogP contribution >= 0.6 is 0 Å². The maximum Gasteiger partial charge on any atom is 0.269 e. The highest BCUT2D eigenvalue weighted by Gasteiger charge is 2.15. The molecule has 21 heavy (non-hydrogen) atoms. The van der Waals surface area contributed by atoms with E-state index in [1.807, 2.05) is 30.3 Å². The van der Waals surface area contributed by atoms with Crippen molar-refractivity contribution in [1.82, 2.24) is 15.8 Å². The van der Waals surface area contributed by atoms with Crippen LogP contribution in [0, 0.1) is 0 Å². The van der Waals surface area contributed by atoms with Crippen LogP contribution in [0.25, 0.3) is 0 Å². The van der Waals surface area contributed by atoms with Crippen LogP contribution in [0.4, 0.5) is 0 Å². The largest absolute Gasteiger partial charge is 0.320 e. The van der Waals surface area contributed by atoms with Gasteiger partial charge in [0.25, 0.3) is 11.8 Å². The van der Waals surface area contributed by atoms with Crippen LogP contribution in [0.2, 0.25) is 0 Å². The van der Waals surface area contributed by atoms with Crippen LogP contribution in [-0.2, 0) is 11.2 Å². The van der Waals surface area contributed by atoms with Crippen molar-refractivity contribution in [3.8, 4) is 0 Å².